The first-order chi connectivity index (χ1) is 9.22. The number of likely N-dealkylation sites (tertiary alicyclic amines) is 1. The Morgan fingerprint density at radius 2 is 2.26 bits per heavy atom. The predicted octanol–water partition coefficient (Wildman–Crippen LogP) is 3.12. The van der Waals surface area contributed by atoms with Crippen molar-refractivity contribution in [2.75, 3.05) is 13.1 Å². The number of thiophene rings is 1. The minimum atomic E-state index is -0.211. The van der Waals surface area contributed by atoms with Crippen LogP contribution in [0, 0.1) is 5.82 Å². The molecular weight excluding hydrogens is 261 g/mol. The fourth-order valence-electron chi connectivity index (χ4n) is 2.51. The molecule has 0 bridgehead atoms. The molecule has 1 fully saturated rings. The third-order valence-electron chi connectivity index (χ3n) is 3.47. The molecule has 1 atom stereocenters. The van der Waals surface area contributed by atoms with E-state index in [-0.39, 0.29) is 11.9 Å². The Hall–Kier alpha value is -1.23. The zero-order valence-electron chi connectivity index (χ0n) is 10.6. The summed E-state index contributed by atoms with van der Waals surface area (Å²) < 4.78 is 13.9. The highest BCUT2D eigenvalue weighted by Crippen LogP contribution is 2.28. The number of nitrogens with zero attached hydrogens (tertiary/aromatic N) is 1. The van der Waals surface area contributed by atoms with Crippen LogP contribution in [0.25, 0.3) is 10.4 Å². The van der Waals surface area contributed by atoms with Crippen molar-refractivity contribution in [3.05, 3.63) is 47.1 Å². The van der Waals surface area contributed by atoms with Crippen molar-refractivity contribution >= 4 is 11.3 Å². The maximum atomic E-state index is 13.9. The molecule has 2 nitrogen and oxygen atoms in total. The molecule has 1 N–H and O–H groups in total. The number of benzene rings is 1. The smallest absolute Gasteiger partial charge is 0.131 e. The van der Waals surface area contributed by atoms with Gasteiger partial charge in [-0.25, -0.2) is 4.39 Å². The topological polar surface area (TPSA) is 23.5 Å². The van der Waals surface area contributed by atoms with E-state index in [2.05, 4.69) is 4.90 Å². The molecule has 19 heavy (non-hydrogen) atoms. The molecule has 0 saturated carbocycles. The van der Waals surface area contributed by atoms with Crippen LogP contribution in [0.5, 0.6) is 0 Å². The molecule has 4 heteroatoms. The summed E-state index contributed by atoms with van der Waals surface area (Å²) in [5, 5.41) is 11.5. The summed E-state index contributed by atoms with van der Waals surface area (Å²) in [4.78, 5) is 3.16. The molecule has 1 aromatic heterocycles. The fourth-order valence-corrected chi connectivity index (χ4v) is 3.25. The lowest BCUT2D eigenvalue weighted by molar-refractivity contribution is 0.175. The highest BCUT2D eigenvalue weighted by atomic mass is 32.1. The number of halogens is 1. The number of rotatable bonds is 3. The van der Waals surface area contributed by atoms with Gasteiger partial charge in [0.2, 0.25) is 0 Å². The minimum absolute atomic E-state index is 0.173. The maximum Gasteiger partial charge on any atom is 0.131 e. The van der Waals surface area contributed by atoms with Gasteiger partial charge in [0.25, 0.3) is 0 Å². The van der Waals surface area contributed by atoms with Crippen molar-refractivity contribution in [3.63, 3.8) is 0 Å². The van der Waals surface area contributed by atoms with Gasteiger partial charge in [-0.1, -0.05) is 12.1 Å². The lowest BCUT2D eigenvalue weighted by atomic mass is 10.1. The second kappa shape index (κ2) is 5.41. The monoisotopic (exact) mass is 277 g/mol. The molecule has 100 valence electrons. The molecule has 1 saturated heterocycles. The third kappa shape index (κ3) is 2.86. The van der Waals surface area contributed by atoms with Crippen LogP contribution in [0.3, 0.4) is 0 Å². The first kappa shape index (κ1) is 12.8. The number of hydrogen-bond donors (Lipinski definition) is 1. The van der Waals surface area contributed by atoms with E-state index in [0.29, 0.717) is 12.1 Å². The van der Waals surface area contributed by atoms with Gasteiger partial charge in [-0.15, -0.1) is 11.3 Å². The summed E-state index contributed by atoms with van der Waals surface area (Å²) in [5.74, 6) is -0.173. The molecule has 2 aromatic rings. The van der Waals surface area contributed by atoms with Gasteiger partial charge in [0.1, 0.15) is 5.82 Å². The Balaban J connectivity index is 1.81. The van der Waals surface area contributed by atoms with Crippen LogP contribution in [-0.2, 0) is 6.54 Å². The van der Waals surface area contributed by atoms with Gasteiger partial charge in [-0.2, -0.15) is 0 Å². The number of β-amino-alcohol motifs (C(OH)–C–C–N with tert-alkyl or cyclic N) is 1. The summed E-state index contributed by atoms with van der Waals surface area (Å²) in [6.07, 6.45) is 0.621. The van der Waals surface area contributed by atoms with E-state index in [0.717, 1.165) is 30.0 Å². The Labute approximate surface area is 116 Å². The number of hydrogen-bond acceptors (Lipinski definition) is 3. The zero-order chi connectivity index (χ0) is 13.2. The van der Waals surface area contributed by atoms with Crippen LogP contribution >= 0.6 is 11.3 Å². The van der Waals surface area contributed by atoms with E-state index in [1.54, 1.807) is 11.3 Å². The van der Waals surface area contributed by atoms with Gasteiger partial charge < -0.3 is 5.11 Å². The lowest BCUT2D eigenvalue weighted by Crippen LogP contribution is -2.21. The van der Waals surface area contributed by atoms with Gasteiger partial charge in [-0.3, -0.25) is 4.90 Å². The molecule has 1 aliphatic rings. The van der Waals surface area contributed by atoms with Crippen molar-refractivity contribution < 1.29 is 9.50 Å². The van der Waals surface area contributed by atoms with Gasteiger partial charge in [0.05, 0.1) is 6.10 Å². The van der Waals surface area contributed by atoms with Crippen molar-refractivity contribution in [3.8, 4) is 10.4 Å². The molecule has 3 rings (SSSR count). The second-order valence-corrected chi connectivity index (χ2v) is 5.92. The van der Waals surface area contributed by atoms with Crippen LogP contribution in [0.2, 0.25) is 0 Å². The van der Waals surface area contributed by atoms with E-state index >= 15 is 0 Å². The third-order valence-corrected chi connectivity index (χ3v) is 4.37. The normalized spacial score (nSPS) is 20.0. The first-order valence-corrected chi connectivity index (χ1v) is 7.33. The highest BCUT2D eigenvalue weighted by molar-refractivity contribution is 7.13. The number of aliphatic hydroxyl groups excluding tert-OH is 1. The van der Waals surface area contributed by atoms with Crippen LogP contribution in [0.1, 0.15) is 12.0 Å². The predicted molar refractivity (Wildman–Crippen MR) is 75.6 cm³/mol. The van der Waals surface area contributed by atoms with Gasteiger partial charge in [0.15, 0.2) is 0 Å². The van der Waals surface area contributed by atoms with Crippen molar-refractivity contribution in [1.82, 2.24) is 4.90 Å². The average Bonchev–Trinajstić information content (AvgIpc) is 3.03. The SMILES string of the molecule is O[C@@H]1CCN(Cc2ccc(F)c(-c3cccs3)c2)C1. The minimum Gasteiger partial charge on any atom is -0.392 e. The van der Waals surface area contributed by atoms with Gasteiger partial charge in [-0.05, 0) is 35.6 Å². The summed E-state index contributed by atoms with van der Waals surface area (Å²) >= 11 is 1.55. The molecule has 1 aliphatic heterocycles. The van der Waals surface area contributed by atoms with E-state index < -0.39 is 0 Å². The van der Waals surface area contributed by atoms with Crippen LogP contribution in [-0.4, -0.2) is 29.2 Å². The van der Waals surface area contributed by atoms with E-state index in [4.69, 9.17) is 0 Å². The van der Waals surface area contributed by atoms with Gasteiger partial charge >= 0.3 is 0 Å². The Morgan fingerprint density at radius 1 is 1.37 bits per heavy atom. The number of aliphatic hydroxyl groups is 1. The van der Waals surface area contributed by atoms with Crippen LogP contribution < -0.4 is 0 Å². The van der Waals surface area contributed by atoms with Crippen LogP contribution in [0.4, 0.5) is 4.39 Å². The summed E-state index contributed by atoms with van der Waals surface area (Å²) in [5.41, 5.74) is 1.77. The van der Waals surface area contributed by atoms with Crippen LogP contribution in [0.15, 0.2) is 35.7 Å². The van der Waals surface area contributed by atoms with E-state index in [1.807, 2.05) is 29.6 Å². The first-order valence-electron chi connectivity index (χ1n) is 6.45. The molecule has 0 radical (unpaired) electrons. The quantitative estimate of drug-likeness (QED) is 0.931. The molecule has 0 spiro atoms. The van der Waals surface area contributed by atoms with E-state index in [9.17, 15) is 9.50 Å². The summed E-state index contributed by atoms with van der Waals surface area (Å²) in [7, 11) is 0. The van der Waals surface area contributed by atoms with Gasteiger partial charge in [0, 0.05) is 30.1 Å². The Bertz CT molecular complexity index is 555. The fraction of sp³-hybridized carbons (Fsp3) is 0.333. The summed E-state index contributed by atoms with van der Waals surface area (Å²) in [6.45, 7) is 2.40. The zero-order valence-corrected chi connectivity index (χ0v) is 11.4. The maximum absolute atomic E-state index is 13.9. The molecule has 0 amide bonds. The highest BCUT2D eigenvalue weighted by Gasteiger charge is 2.20. The largest absolute Gasteiger partial charge is 0.392 e. The molecule has 0 unspecified atom stereocenters. The van der Waals surface area contributed by atoms with Crippen molar-refractivity contribution in [1.29, 1.82) is 0 Å². The van der Waals surface area contributed by atoms with Crippen molar-refractivity contribution in [2.45, 2.75) is 19.1 Å². The standard InChI is InChI=1S/C15H16FNOS/c16-14-4-3-11(9-17-6-5-12(18)10-17)8-13(14)15-2-1-7-19-15/h1-4,7-8,12,18H,5-6,9-10H2/t12-/m1/s1. The molecule has 0 aliphatic carbocycles. The summed E-state index contributed by atoms with van der Waals surface area (Å²) in [6, 6.07) is 9.16. The van der Waals surface area contributed by atoms with E-state index in [1.165, 1.54) is 6.07 Å². The molecule has 1 aromatic carbocycles. The Kier molecular flexibility index (Phi) is 3.64. The Morgan fingerprint density at radius 3 is 2.95 bits per heavy atom. The lowest BCUT2D eigenvalue weighted by Gasteiger charge is -2.15. The average molecular weight is 277 g/mol. The molecular formula is C15H16FNOS. The molecule has 2 heterocycles. The second-order valence-electron chi connectivity index (χ2n) is 4.97. The van der Waals surface area contributed by atoms with Crippen molar-refractivity contribution in [2.24, 2.45) is 0 Å².